The molecule has 2 atom stereocenters. The highest BCUT2D eigenvalue weighted by Crippen LogP contribution is 2.31. The van der Waals surface area contributed by atoms with Crippen molar-refractivity contribution >= 4 is 5.78 Å². The number of benzene rings is 2. The van der Waals surface area contributed by atoms with Crippen LogP contribution in [0.2, 0.25) is 0 Å². The van der Waals surface area contributed by atoms with Gasteiger partial charge in [0, 0.05) is 22.9 Å². The lowest BCUT2D eigenvalue weighted by Gasteiger charge is -2.09. The highest BCUT2D eigenvalue weighted by Gasteiger charge is 2.25. The van der Waals surface area contributed by atoms with Crippen molar-refractivity contribution in [3.05, 3.63) is 70.6 Å². The van der Waals surface area contributed by atoms with Crippen LogP contribution in [0.5, 0.6) is 0 Å². The van der Waals surface area contributed by atoms with E-state index >= 15 is 0 Å². The standard InChI is InChI=1S/C19H19N3O/c20-22-21-18-11-6-14(12-18)13-19(23)17-9-7-16(8-10-17)15-4-2-1-3-5-15/h1-5,7-10,14,18H,6,11-13H2/t14-,18+/m1/s1. The molecule has 23 heavy (non-hydrogen) atoms. The van der Waals surface area contributed by atoms with Crippen LogP contribution in [0.3, 0.4) is 0 Å². The molecule has 0 unspecified atom stereocenters. The molecule has 0 radical (unpaired) electrons. The number of hydrogen-bond donors (Lipinski definition) is 0. The van der Waals surface area contributed by atoms with Crippen molar-refractivity contribution in [1.82, 2.24) is 0 Å². The molecule has 0 aliphatic heterocycles. The van der Waals surface area contributed by atoms with Gasteiger partial charge in [0.05, 0.1) is 0 Å². The molecule has 1 saturated carbocycles. The van der Waals surface area contributed by atoms with E-state index in [1.54, 1.807) is 0 Å². The van der Waals surface area contributed by atoms with Gasteiger partial charge in [-0.05, 0) is 41.8 Å². The van der Waals surface area contributed by atoms with Gasteiger partial charge >= 0.3 is 0 Å². The third-order valence-electron chi connectivity index (χ3n) is 4.52. The average Bonchev–Trinajstić information content (AvgIpc) is 3.03. The summed E-state index contributed by atoms with van der Waals surface area (Å²) < 4.78 is 0. The second-order valence-electron chi connectivity index (χ2n) is 6.11. The summed E-state index contributed by atoms with van der Waals surface area (Å²) in [6.45, 7) is 0. The first-order valence-corrected chi connectivity index (χ1v) is 7.99. The molecule has 4 nitrogen and oxygen atoms in total. The zero-order valence-electron chi connectivity index (χ0n) is 12.9. The molecule has 1 fully saturated rings. The van der Waals surface area contributed by atoms with E-state index < -0.39 is 0 Å². The van der Waals surface area contributed by atoms with Gasteiger partial charge in [0.15, 0.2) is 5.78 Å². The molecule has 3 rings (SSSR count). The van der Waals surface area contributed by atoms with E-state index in [4.69, 9.17) is 5.53 Å². The third-order valence-corrected chi connectivity index (χ3v) is 4.52. The largest absolute Gasteiger partial charge is 0.294 e. The SMILES string of the molecule is [N-]=[N+]=N[C@H]1CC[C@@H](CC(=O)c2ccc(-c3ccccc3)cc2)C1. The molecule has 0 bridgehead atoms. The number of carbonyl (C=O) groups excluding carboxylic acids is 1. The summed E-state index contributed by atoms with van der Waals surface area (Å²) in [7, 11) is 0. The maximum Gasteiger partial charge on any atom is 0.163 e. The fourth-order valence-corrected chi connectivity index (χ4v) is 3.27. The third kappa shape index (κ3) is 3.79. The number of nitrogens with zero attached hydrogens (tertiary/aromatic N) is 3. The minimum Gasteiger partial charge on any atom is -0.294 e. The van der Waals surface area contributed by atoms with Gasteiger partial charge in [-0.2, -0.15) is 0 Å². The van der Waals surface area contributed by atoms with Crippen molar-refractivity contribution in [2.45, 2.75) is 31.7 Å². The lowest BCUT2D eigenvalue weighted by molar-refractivity contribution is 0.0962. The second-order valence-corrected chi connectivity index (χ2v) is 6.11. The summed E-state index contributed by atoms with van der Waals surface area (Å²) >= 11 is 0. The van der Waals surface area contributed by atoms with Crippen molar-refractivity contribution in [3.63, 3.8) is 0 Å². The van der Waals surface area contributed by atoms with E-state index in [0.717, 1.165) is 36.0 Å². The van der Waals surface area contributed by atoms with E-state index in [1.807, 2.05) is 42.5 Å². The predicted molar refractivity (Wildman–Crippen MR) is 91.1 cm³/mol. The quantitative estimate of drug-likeness (QED) is 0.315. The maximum atomic E-state index is 12.4. The van der Waals surface area contributed by atoms with E-state index in [-0.39, 0.29) is 11.8 Å². The van der Waals surface area contributed by atoms with Crippen molar-refractivity contribution in [3.8, 4) is 11.1 Å². The number of azide groups is 1. The van der Waals surface area contributed by atoms with Gasteiger partial charge in [-0.3, -0.25) is 4.79 Å². The molecule has 4 heteroatoms. The molecule has 0 saturated heterocycles. The summed E-state index contributed by atoms with van der Waals surface area (Å²) in [6.07, 6.45) is 3.24. The van der Waals surface area contributed by atoms with Crippen molar-refractivity contribution < 1.29 is 4.79 Å². The monoisotopic (exact) mass is 305 g/mol. The Bertz CT molecular complexity index is 718. The van der Waals surface area contributed by atoms with Gasteiger partial charge < -0.3 is 0 Å². The van der Waals surface area contributed by atoms with Gasteiger partial charge in [-0.1, -0.05) is 59.7 Å². The van der Waals surface area contributed by atoms with E-state index in [2.05, 4.69) is 22.2 Å². The van der Waals surface area contributed by atoms with Crippen LogP contribution < -0.4 is 0 Å². The van der Waals surface area contributed by atoms with Crippen LogP contribution in [-0.2, 0) is 0 Å². The lowest BCUT2D eigenvalue weighted by atomic mass is 9.95. The molecular weight excluding hydrogens is 286 g/mol. The van der Waals surface area contributed by atoms with Crippen molar-refractivity contribution in [1.29, 1.82) is 0 Å². The van der Waals surface area contributed by atoms with Crippen LogP contribution in [0, 0.1) is 5.92 Å². The summed E-state index contributed by atoms with van der Waals surface area (Å²) in [5.74, 6) is 0.517. The molecule has 0 amide bonds. The van der Waals surface area contributed by atoms with Crippen LogP contribution in [0.25, 0.3) is 21.6 Å². The first kappa shape index (κ1) is 15.3. The smallest absolute Gasteiger partial charge is 0.163 e. The molecule has 0 heterocycles. The Hall–Kier alpha value is -2.58. The number of hydrogen-bond acceptors (Lipinski definition) is 2. The highest BCUT2D eigenvalue weighted by molar-refractivity contribution is 5.96. The number of Topliss-reactive ketones (excluding diaryl/α,β-unsaturated/α-hetero) is 1. The maximum absolute atomic E-state index is 12.4. The zero-order valence-corrected chi connectivity index (χ0v) is 12.9. The van der Waals surface area contributed by atoms with Gasteiger partial charge in [0.25, 0.3) is 0 Å². The van der Waals surface area contributed by atoms with Crippen LogP contribution in [-0.4, -0.2) is 11.8 Å². The lowest BCUT2D eigenvalue weighted by Crippen LogP contribution is -2.07. The first-order chi connectivity index (χ1) is 11.3. The summed E-state index contributed by atoms with van der Waals surface area (Å²) in [4.78, 5) is 15.3. The molecule has 0 spiro atoms. The molecule has 0 N–H and O–H groups in total. The minimum absolute atomic E-state index is 0.0678. The van der Waals surface area contributed by atoms with Gasteiger partial charge in [-0.15, -0.1) is 0 Å². The van der Waals surface area contributed by atoms with Crippen LogP contribution >= 0.6 is 0 Å². The van der Waals surface area contributed by atoms with E-state index in [0.29, 0.717) is 12.3 Å². The number of ketones is 1. The highest BCUT2D eigenvalue weighted by atomic mass is 16.1. The average molecular weight is 305 g/mol. The molecule has 2 aromatic rings. The Kier molecular flexibility index (Phi) is 4.74. The summed E-state index contributed by atoms with van der Waals surface area (Å²) in [5.41, 5.74) is 11.5. The normalized spacial score (nSPS) is 20.0. The Morgan fingerprint density at radius 3 is 2.43 bits per heavy atom. The minimum atomic E-state index is 0.0678. The van der Waals surface area contributed by atoms with E-state index in [9.17, 15) is 4.79 Å². The fraction of sp³-hybridized carbons (Fsp3) is 0.316. The summed E-state index contributed by atoms with van der Waals surface area (Å²) in [6, 6.07) is 18.0. The predicted octanol–water partition coefficient (Wildman–Crippen LogP) is 5.41. The molecular formula is C19H19N3O. The van der Waals surface area contributed by atoms with E-state index in [1.165, 1.54) is 0 Å². The van der Waals surface area contributed by atoms with Crippen LogP contribution in [0.4, 0.5) is 0 Å². The molecule has 116 valence electrons. The van der Waals surface area contributed by atoms with Gasteiger partial charge in [0.2, 0.25) is 0 Å². The van der Waals surface area contributed by atoms with Crippen LogP contribution in [0.1, 0.15) is 36.0 Å². The Morgan fingerprint density at radius 1 is 1.04 bits per heavy atom. The number of carbonyl (C=O) groups is 1. The first-order valence-electron chi connectivity index (χ1n) is 7.99. The fourth-order valence-electron chi connectivity index (χ4n) is 3.27. The van der Waals surface area contributed by atoms with Crippen LogP contribution in [0.15, 0.2) is 59.7 Å². The second kappa shape index (κ2) is 7.12. The molecule has 2 aromatic carbocycles. The van der Waals surface area contributed by atoms with Gasteiger partial charge in [-0.25, -0.2) is 0 Å². The summed E-state index contributed by atoms with van der Waals surface area (Å²) in [5, 5.41) is 3.77. The van der Waals surface area contributed by atoms with Crippen molar-refractivity contribution in [2.24, 2.45) is 11.0 Å². The molecule has 1 aliphatic rings. The molecule has 0 aromatic heterocycles. The van der Waals surface area contributed by atoms with Gasteiger partial charge in [0.1, 0.15) is 0 Å². The molecule has 1 aliphatic carbocycles. The topological polar surface area (TPSA) is 65.8 Å². The Labute approximate surface area is 135 Å². The number of rotatable bonds is 5. The zero-order chi connectivity index (χ0) is 16.1. The Balaban J connectivity index is 1.63. The van der Waals surface area contributed by atoms with Crippen molar-refractivity contribution in [2.75, 3.05) is 0 Å². The Morgan fingerprint density at radius 2 is 1.74 bits per heavy atom.